The zero-order valence-corrected chi connectivity index (χ0v) is 25.1. The minimum absolute atomic E-state index is 0. The van der Waals surface area contributed by atoms with E-state index in [9.17, 15) is 5.26 Å². The third-order valence-electron chi connectivity index (χ3n) is 7.14. The number of ether oxygens (including phenoxy) is 1. The standard InChI is InChI=1S/C34H40N3O.ClH/c1-22(2)28-11-9-12-29(23(3)4)32(28)36-19-20-37(34(36)38-27-17-15-26(21-35)16-18-27)33-30(24(5)6)13-10-14-31(33)25(7)8;/h9-20,22-25H,1-8H3;1H/q+1;/p-1. The van der Waals surface area contributed by atoms with Gasteiger partial charge in [0.15, 0.2) is 0 Å². The number of nitrogens with zero attached hydrogens (tertiary/aromatic N) is 3. The van der Waals surface area contributed by atoms with Crippen LogP contribution in [0.5, 0.6) is 11.8 Å². The predicted molar refractivity (Wildman–Crippen MR) is 155 cm³/mol. The van der Waals surface area contributed by atoms with E-state index in [1.807, 2.05) is 12.1 Å². The van der Waals surface area contributed by atoms with Crippen LogP contribution >= 0.6 is 0 Å². The second-order valence-electron chi connectivity index (χ2n) is 11.2. The van der Waals surface area contributed by atoms with Crippen molar-refractivity contribution in [3.05, 3.63) is 101 Å². The lowest BCUT2D eigenvalue weighted by Crippen LogP contribution is -3.00. The Morgan fingerprint density at radius 1 is 0.692 bits per heavy atom. The summed E-state index contributed by atoms with van der Waals surface area (Å²) in [7, 11) is 0. The molecular weight excluding hydrogens is 502 g/mol. The number of para-hydroxylation sites is 2. The molecule has 0 unspecified atom stereocenters. The second-order valence-corrected chi connectivity index (χ2v) is 11.2. The maximum Gasteiger partial charge on any atom is 0.472 e. The first-order valence-electron chi connectivity index (χ1n) is 13.7. The molecule has 3 aromatic carbocycles. The molecule has 4 nitrogen and oxygen atoms in total. The Balaban J connectivity index is 0.00000420. The summed E-state index contributed by atoms with van der Waals surface area (Å²) in [5.74, 6) is 2.07. The average Bonchev–Trinajstić information content (AvgIpc) is 3.30. The average molecular weight is 542 g/mol. The van der Waals surface area contributed by atoms with Gasteiger partial charge in [0.1, 0.15) is 29.5 Å². The van der Waals surface area contributed by atoms with Gasteiger partial charge in [-0.1, -0.05) is 91.8 Å². The van der Waals surface area contributed by atoms with E-state index in [1.54, 1.807) is 12.1 Å². The monoisotopic (exact) mass is 541 g/mol. The highest BCUT2D eigenvalue weighted by Crippen LogP contribution is 2.36. The molecule has 0 amide bonds. The molecule has 0 saturated carbocycles. The fourth-order valence-corrected chi connectivity index (χ4v) is 5.10. The molecular formula is C34H40ClN3O. The molecule has 4 aromatic rings. The Bertz CT molecular complexity index is 1320. The van der Waals surface area contributed by atoms with E-state index in [2.05, 4.69) is 119 Å². The summed E-state index contributed by atoms with van der Waals surface area (Å²) < 4.78 is 11.2. The Labute approximate surface area is 240 Å². The molecule has 0 aliphatic heterocycles. The molecule has 0 N–H and O–H groups in total. The molecule has 0 saturated heterocycles. The smallest absolute Gasteiger partial charge is 0.472 e. The van der Waals surface area contributed by atoms with Gasteiger partial charge in [-0.15, -0.1) is 0 Å². The lowest BCUT2D eigenvalue weighted by molar-refractivity contribution is -0.602. The number of imidazole rings is 1. The van der Waals surface area contributed by atoms with E-state index in [4.69, 9.17) is 4.74 Å². The van der Waals surface area contributed by atoms with Crippen molar-refractivity contribution in [1.29, 1.82) is 5.26 Å². The topological polar surface area (TPSA) is 41.8 Å². The number of benzene rings is 3. The minimum Gasteiger partial charge on any atom is -1.00 e. The first-order valence-corrected chi connectivity index (χ1v) is 13.7. The highest BCUT2D eigenvalue weighted by molar-refractivity contribution is 5.53. The largest absolute Gasteiger partial charge is 1.00 e. The first-order chi connectivity index (χ1) is 18.1. The quantitative estimate of drug-likeness (QED) is 0.260. The summed E-state index contributed by atoms with van der Waals surface area (Å²) in [6, 6.07) is 23.5. The highest BCUT2D eigenvalue weighted by Gasteiger charge is 2.31. The Hall–Kier alpha value is -3.55. The molecule has 0 aliphatic carbocycles. The lowest BCUT2D eigenvalue weighted by Gasteiger charge is -2.19. The van der Waals surface area contributed by atoms with Gasteiger partial charge in [-0.05, 0) is 47.9 Å². The van der Waals surface area contributed by atoms with Crippen LogP contribution in [0.15, 0.2) is 73.1 Å². The molecule has 0 bridgehead atoms. The molecule has 204 valence electrons. The van der Waals surface area contributed by atoms with Crippen LogP contribution < -0.4 is 21.7 Å². The van der Waals surface area contributed by atoms with Crippen molar-refractivity contribution >= 4 is 0 Å². The Morgan fingerprint density at radius 3 is 1.59 bits per heavy atom. The van der Waals surface area contributed by atoms with E-state index in [0.717, 1.165) is 6.01 Å². The molecule has 5 heteroatoms. The summed E-state index contributed by atoms with van der Waals surface area (Å²) >= 11 is 0. The maximum atomic E-state index is 9.30. The van der Waals surface area contributed by atoms with E-state index in [0.29, 0.717) is 35.0 Å². The number of hydrogen-bond donors (Lipinski definition) is 0. The summed E-state index contributed by atoms with van der Waals surface area (Å²) in [5, 5.41) is 9.30. The van der Waals surface area contributed by atoms with E-state index in [-0.39, 0.29) is 12.4 Å². The summed E-state index contributed by atoms with van der Waals surface area (Å²) in [4.78, 5) is 0. The van der Waals surface area contributed by atoms with Gasteiger partial charge in [0, 0.05) is 22.3 Å². The number of aromatic nitrogens is 2. The molecule has 1 aromatic heterocycles. The number of rotatable bonds is 8. The summed E-state index contributed by atoms with van der Waals surface area (Å²) in [6.07, 6.45) is 4.26. The van der Waals surface area contributed by atoms with Crippen molar-refractivity contribution in [2.24, 2.45) is 0 Å². The van der Waals surface area contributed by atoms with Gasteiger partial charge in [-0.3, -0.25) is 0 Å². The van der Waals surface area contributed by atoms with Gasteiger partial charge < -0.3 is 17.1 Å². The molecule has 39 heavy (non-hydrogen) atoms. The number of hydrogen-bond acceptors (Lipinski definition) is 2. The van der Waals surface area contributed by atoms with Gasteiger partial charge in [-0.25, -0.2) is 0 Å². The molecule has 1 heterocycles. The molecule has 0 spiro atoms. The van der Waals surface area contributed by atoms with E-state index in [1.165, 1.54) is 33.6 Å². The van der Waals surface area contributed by atoms with Crippen LogP contribution in [0.1, 0.15) is 107 Å². The van der Waals surface area contributed by atoms with E-state index < -0.39 is 0 Å². The SMILES string of the molecule is CC(C)c1cccc(C(C)C)c1-n1cc[n+](-c2c(C(C)C)cccc2C(C)C)c1Oc1ccc(C#N)cc1.[Cl-]. The van der Waals surface area contributed by atoms with Crippen molar-refractivity contribution in [3.63, 3.8) is 0 Å². The van der Waals surface area contributed by atoms with Crippen molar-refractivity contribution < 1.29 is 21.7 Å². The minimum atomic E-state index is 0. The first kappa shape index (κ1) is 30.0. The van der Waals surface area contributed by atoms with Crippen molar-refractivity contribution in [2.45, 2.75) is 79.1 Å². The fourth-order valence-electron chi connectivity index (χ4n) is 5.10. The van der Waals surface area contributed by atoms with Crippen molar-refractivity contribution in [1.82, 2.24) is 4.57 Å². The van der Waals surface area contributed by atoms with Crippen LogP contribution in [0.25, 0.3) is 11.4 Å². The third-order valence-corrected chi connectivity index (χ3v) is 7.14. The number of halogens is 1. The predicted octanol–water partition coefficient (Wildman–Crippen LogP) is 5.92. The van der Waals surface area contributed by atoms with Crippen LogP contribution in [0.4, 0.5) is 0 Å². The highest BCUT2D eigenvalue weighted by atomic mass is 35.5. The molecule has 0 radical (unpaired) electrons. The summed E-state index contributed by atoms with van der Waals surface area (Å²) in [6.45, 7) is 17.9. The fraction of sp³-hybridized carbons (Fsp3) is 0.353. The molecule has 4 rings (SSSR count). The molecule has 0 fully saturated rings. The zero-order valence-electron chi connectivity index (χ0n) is 24.4. The summed E-state index contributed by atoms with van der Waals surface area (Å²) in [5.41, 5.74) is 8.09. The zero-order chi connectivity index (χ0) is 27.6. The van der Waals surface area contributed by atoms with E-state index >= 15 is 0 Å². The maximum absolute atomic E-state index is 9.30. The van der Waals surface area contributed by atoms with Crippen LogP contribution in [0.3, 0.4) is 0 Å². The van der Waals surface area contributed by atoms with Crippen LogP contribution in [-0.2, 0) is 0 Å². The van der Waals surface area contributed by atoms with Crippen LogP contribution in [0, 0.1) is 11.3 Å². The van der Waals surface area contributed by atoms with Crippen molar-refractivity contribution in [3.8, 4) is 29.2 Å². The van der Waals surface area contributed by atoms with Gasteiger partial charge in [0.05, 0.1) is 11.6 Å². The van der Waals surface area contributed by atoms with Gasteiger partial charge >= 0.3 is 6.01 Å². The van der Waals surface area contributed by atoms with Gasteiger partial charge in [0.2, 0.25) is 0 Å². The molecule has 0 aliphatic rings. The Morgan fingerprint density at radius 2 is 1.15 bits per heavy atom. The van der Waals surface area contributed by atoms with Gasteiger partial charge in [0.25, 0.3) is 0 Å². The second kappa shape index (κ2) is 12.5. The van der Waals surface area contributed by atoms with Crippen LogP contribution in [-0.4, -0.2) is 4.57 Å². The lowest BCUT2D eigenvalue weighted by atomic mass is 9.92. The van der Waals surface area contributed by atoms with Crippen LogP contribution in [0.2, 0.25) is 0 Å². The molecule has 0 atom stereocenters. The Kier molecular flexibility index (Phi) is 9.64. The third kappa shape index (κ3) is 6.05. The normalized spacial score (nSPS) is 11.3. The van der Waals surface area contributed by atoms with Crippen molar-refractivity contribution in [2.75, 3.05) is 0 Å². The van der Waals surface area contributed by atoms with Gasteiger partial charge in [-0.2, -0.15) is 14.4 Å². The number of nitriles is 1.